The minimum Gasteiger partial charge on any atom is -0.367 e. The zero-order valence-corrected chi connectivity index (χ0v) is 14.6. The molecule has 2 heterocycles. The number of aromatic nitrogens is 4. The number of nitriles is 1. The molecule has 1 aliphatic carbocycles. The molecule has 7 nitrogen and oxygen atoms in total. The molecule has 11 heteroatoms. The van der Waals surface area contributed by atoms with Gasteiger partial charge < -0.3 is 10.6 Å². The summed E-state index contributed by atoms with van der Waals surface area (Å²) in [5.74, 6) is -0.356. The van der Waals surface area contributed by atoms with Crippen molar-refractivity contribution in [3.8, 4) is 6.07 Å². The van der Waals surface area contributed by atoms with Gasteiger partial charge in [-0.15, -0.1) is 0 Å². The first kappa shape index (κ1) is 18.9. The lowest BCUT2D eigenvalue weighted by Gasteiger charge is -2.20. The van der Waals surface area contributed by atoms with Crippen LogP contribution in [0, 0.1) is 18.3 Å². The van der Waals surface area contributed by atoms with Crippen LogP contribution in [-0.4, -0.2) is 32.5 Å². The molecule has 2 aromatic heterocycles. The standard InChI is InChI=1S/C16H17F4N7/c1-9-12(6-23-27(9)15(2,7-17)8-21)25-14-22-5-11(16(18,19)20)13(26-14)24-10-3-4-10/h5-6,10H,3-4,7H2,1-2H3,(H2,22,24,25,26)/t15-/m0/s1. The Hall–Kier alpha value is -2.90. The summed E-state index contributed by atoms with van der Waals surface area (Å²) in [5, 5.41) is 18.7. The second-order valence-electron chi connectivity index (χ2n) is 6.57. The Labute approximate surface area is 152 Å². The van der Waals surface area contributed by atoms with E-state index in [1.165, 1.54) is 17.8 Å². The summed E-state index contributed by atoms with van der Waals surface area (Å²) in [5.41, 5.74) is -1.63. The molecule has 2 aromatic rings. The maximum atomic E-state index is 13.2. The summed E-state index contributed by atoms with van der Waals surface area (Å²) in [6.45, 7) is 2.05. The largest absolute Gasteiger partial charge is 0.421 e. The summed E-state index contributed by atoms with van der Waals surface area (Å²) < 4.78 is 53.9. The van der Waals surface area contributed by atoms with Gasteiger partial charge >= 0.3 is 6.18 Å². The lowest BCUT2D eigenvalue weighted by molar-refractivity contribution is -0.137. The number of hydrogen-bond acceptors (Lipinski definition) is 6. The molecule has 0 aromatic carbocycles. The van der Waals surface area contributed by atoms with Crippen molar-refractivity contribution in [3.05, 3.63) is 23.7 Å². The van der Waals surface area contributed by atoms with Crippen LogP contribution in [0.2, 0.25) is 0 Å². The van der Waals surface area contributed by atoms with E-state index in [1.807, 2.05) is 6.07 Å². The molecule has 0 unspecified atom stereocenters. The van der Waals surface area contributed by atoms with Gasteiger partial charge in [-0.25, -0.2) is 14.1 Å². The highest BCUT2D eigenvalue weighted by molar-refractivity contribution is 5.58. The van der Waals surface area contributed by atoms with Gasteiger partial charge in [-0.05, 0) is 26.7 Å². The summed E-state index contributed by atoms with van der Waals surface area (Å²) >= 11 is 0. The van der Waals surface area contributed by atoms with Gasteiger partial charge in [0.05, 0.1) is 23.6 Å². The molecule has 27 heavy (non-hydrogen) atoms. The van der Waals surface area contributed by atoms with E-state index in [2.05, 4.69) is 25.7 Å². The van der Waals surface area contributed by atoms with Crippen molar-refractivity contribution in [1.82, 2.24) is 19.7 Å². The van der Waals surface area contributed by atoms with E-state index in [-0.39, 0.29) is 17.8 Å². The number of nitrogens with zero attached hydrogens (tertiary/aromatic N) is 5. The molecule has 0 saturated heterocycles. The van der Waals surface area contributed by atoms with Crippen molar-refractivity contribution in [1.29, 1.82) is 5.26 Å². The average Bonchev–Trinajstić information content (AvgIpc) is 3.36. The van der Waals surface area contributed by atoms with E-state index in [4.69, 9.17) is 0 Å². The second-order valence-corrected chi connectivity index (χ2v) is 6.57. The van der Waals surface area contributed by atoms with Crippen LogP contribution in [0.15, 0.2) is 12.4 Å². The van der Waals surface area contributed by atoms with E-state index >= 15 is 0 Å². The number of anilines is 3. The Kier molecular flexibility index (Phi) is 4.67. The minimum atomic E-state index is -4.58. The van der Waals surface area contributed by atoms with Gasteiger partial charge in [-0.2, -0.15) is 28.5 Å². The molecule has 0 aliphatic heterocycles. The van der Waals surface area contributed by atoms with Gasteiger partial charge in [0, 0.05) is 12.2 Å². The molecule has 1 fully saturated rings. The highest BCUT2D eigenvalue weighted by Crippen LogP contribution is 2.36. The summed E-state index contributed by atoms with van der Waals surface area (Å²) in [6.07, 6.45) is -0.958. The van der Waals surface area contributed by atoms with Crippen molar-refractivity contribution in [2.75, 3.05) is 17.3 Å². The smallest absolute Gasteiger partial charge is 0.367 e. The highest BCUT2D eigenvalue weighted by atomic mass is 19.4. The van der Waals surface area contributed by atoms with Crippen LogP contribution in [0.4, 0.5) is 35.0 Å². The van der Waals surface area contributed by atoms with Gasteiger partial charge in [0.1, 0.15) is 18.1 Å². The molecule has 0 bridgehead atoms. The zero-order chi connectivity index (χ0) is 19.8. The van der Waals surface area contributed by atoms with E-state index in [0.717, 1.165) is 12.8 Å². The summed E-state index contributed by atoms with van der Waals surface area (Å²) in [6, 6.07) is 1.83. The molecule has 0 spiro atoms. The van der Waals surface area contributed by atoms with Gasteiger partial charge in [0.2, 0.25) is 5.95 Å². The van der Waals surface area contributed by atoms with Crippen molar-refractivity contribution in [2.45, 2.75) is 44.4 Å². The second kappa shape index (κ2) is 6.68. The molecular formula is C16H17F4N7. The molecule has 0 radical (unpaired) electrons. The Morgan fingerprint density at radius 1 is 1.33 bits per heavy atom. The Balaban J connectivity index is 1.90. The lowest BCUT2D eigenvalue weighted by atomic mass is 10.1. The van der Waals surface area contributed by atoms with Crippen LogP contribution in [0.3, 0.4) is 0 Å². The maximum absolute atomic E-state index is 13.2. The predicted molar refractivity (Wildman–Crippen MR) is 89.2 cm³/mol. The van der Waals surface area contributed by atoms with Crippen LogP contribution >= 0.6 is 0 Å². The first-order chi connectivity index (χ1) is 12.7. The Morgan fingerprint density at radius 3 is 2.59 bits per heavy atom. The number of nitrogens with one attached hydrogen (secondary N) is 2. The quantitative estimate of drug-likeness (QED) is 0.742. The number of hydrogen-bond donors (Lipinski definition) is 2. The fraction of sp³-hybridized carbons (Fsp3) is 0.500. The number of halogens is 4. The first-order valence-corrected chi connectivity index (χ1v) is 8.18. The van der Waals surface area contributed by atoms with Crippen molar-refractivity contribution < 1.29 is 17.6 Å². The maximum Gasteiger partial charge on any atom is 0.421 e. The van der Waals surface area contributed by atoms with Crippen LogP contribution in [0.25, 0.3) is 0 Å². The SMILES string of the molecule is Cc1c(Nc2ncc(C(F)(F)F)c(NC3CC3)n2)cnn1[C@](C)(C#N)CF. The monoisotopic (exact) mass is 383 g/mol. The van der Waals surface area contributed by atoms with Crippen LogP contribution in [0.1, 0.15) is 31.0 Å². The third-order valence-electron chi connectivity index (χ3n) is 4.24. The summed E-state index contributed by atoms with van der Waals surface area (Å²) in [4.78, 5) is 7.66. The van der Waals surface area contributed by atoms with Crippen molar-refractivity contribution in [3.63, 3.8) is 0 Å². The molecule has 3 rings (SSSR count). The van der Waals surface area contributed by atoms with Gasteiger partial charge in [0.25, 0.3) is 0 Å². The van der Waals surface area contributed by atoms with Crippen LogP contribution in [0.5, 0.6) is 0 Å². The normalized spacial score (nSPS) is 16.5. The molecule has 2 N–H and O–H groups in total. The summed E-state index contributed by atoms with van der Waals surface area (Å²) in [7, 11) is 0. The molecular weight excluding hydrogens is 366 g/mol. The van der Waals surface area contributed by atoms with Gasteiger partial charge in [-0.1, -0.05) is 0 Å². The predicted octanol–water partition coefficient (Wildman–Crippen LogP) is 3.53. The van der Waals surface area contributed by atoms with E-state index in [0.29, 0.717) is 17.6 Å². The topological polar surface area (TPSA) is 91.4 Å². The first-order valence-electron chi connectivity index (χ1n) is 8.18. The van der Waals surface area contributed by atoms with Crippen molar-refractivity contribution >= 4 is 17.5 Å². The van der Waals surface area contributed by atoms with Crippen molar-refractivity contribution in [2.24, 2.45) is 0 Å². The number of alkyl halides is 4. The van der Waals surface area contributed by atoms with E-state index in [9.17, 15) is 22.8 Å². The lowest BCUT2D eigenvalue weighted by Crippen LogP contribution is -2.32. The molecule has 0 amide bonds. The molecule has 1 atom stereocenters. The van der Waals surface area contributed by atoms with Gasteiger partial charge in [-0.3, -0.25) is 0 Å². The fourth-order valence-electron chi connectivity index (χ4n) is 2.46. The van der Waals surface area contributed by atoms with Crippen LogP contribution in [-0.2, 0) is 11.7 Å². The third-order valence-corrected chi connectivity index (χ3v) is 4.24. The third kappa shape index (κ3) is 3.79. The van der Waals surface area contributed by atoms with E-state index < -0.39 is 24.0 Å². The average molecular weight is 383 g/mol. The van der Waals surface area contributed by atoms with Gasteiger partial charge in [0.15, 0.2) is 5.54 Å². The molecule has 1 aliphatic rings. The molecule has 144 valence electrons. The minimum absolute atomic E-state index is 0.0285. The zero-order valence-electron chi connectivity index (χ0n) is 14.6. The Morgan fingerprint density at radius 2 is 2.04 bits per heavy atom. The fourth-order valence-corrected chi connectivity index (χ4v) is 2.46. The highest BCUT2D eigenvalue weighted by Gasteiger charge is 2.37. The number of rotatable bonds is 6. The molecule has 1 saturated carbocycles. The Bertz CT molecular complexity index is 882. The van der Waals surface area contributed by atoms with Crippen LogP contribution < -0.4 is 10.6 Å². The van der Waals surface area contributed by atoms with E-state index in [1.54, 1.807) is 6.92 Å².